The number of hydrogen-bond donors (Lipinski definition) is 1. The van der Waals surface area contributed by atoms with E-state index in [9.17, 15) is 0 Å². The average molecular weight is 443 g/mol. The lowest BCUT2D eigenvalue weighted by Crippen LogP contribution is -2.01. The summed E-state index contributed by atoms with van der Waals surface area (Å²) >= 11 is 18.5. The number of fused-ring (bicyclic) bond motifs is 1. The van der Waals surface area contributed by atoms with Crippen molar-refractivity contribution in [3.8, 4) is 5.75 Å². The molecule has 0 saturated heterocycles. The highest BCUT2D eigenvalue weighted by Gasteiger charge is 2.07. The van der Waals surface area contributed by atoms with Crippen LogP contribution in [0.3, 0.4) is 0 Å². The molecule has 0 fully saturated rings. The Bertz CT molecular complexity index is 1150. The molecule has 1 N–H and O–H groups in total. The van der Waals surface area contributed by atoms with Crippen LogP contribution in [0.2, 0.25) is 15.1 Å². The van der Waals surface area contributed by atoms with Gasteiger partial charge in [-0.15, -0.1) is 0 Å². The van der Waals surface area contributed by atoms with Crippen LogP contribution in [0, 0.1) is 0 Å². The quantitative estimate of drug-likeness (QED) is 0.327. The first kappa shape index (κ1) is 19.9. The molecule has 0 aromatic heterocycles. The van der Waals surface area contributed by atoms with Crippen molar-refractivity contribution in [1.29, 1.82) is 0 Å². The summed E-state index contributed by atoms with van der Waals surface area (Å²) in [6.07, 6.45) is 0. The molecular weight excluding hydrogens is 425 g/mol. The zero-order valence-corrected chi connectivity index (χ0v) is 17.7. The maximum absolute atomic E-state index is 6.45. The summed E-state index contributed by atoms with van der Waals surface area (Å²) in [4.78, 5) is 0. The van der Waals surface area contributed by atoms with E-state index in [0.717, 1.165) is 16.8 Å². The largest absolute Gasteiger partial charge is 0.487 e. The Hall–Kier alpha value is -2.39. The van der Waals surface area contributed by atoms with Crippen molar-refractivity contribution < 1.29 is 4.74 Å². The highest BCUT2D eigenvalue weighted by molar-refractivity contribution is 6.42. The van der Waals surface area contributed by atoms with Crippen LogP contribution in [0.1, 0.15) is 11.1 Å². The van der Waals surface area contributed by atoms with Crippen molar-refractivity contribution in [2.45, 2.75) is 13.2 Å². The van der Waals surface area contributed by atoms with Crippen LogP contribution in [0.25, 0.3) is 10.8 Å². The fourth-order valence-corrected chi connectivity index (χ4v) is 3.71. The summed E-state index contributed by atoms with van der Waals surface area (Å²) in [5.74, 6) is 0.665. The molecule has 0 spiro atoms. The summed E-state index contributed by atoms with van der Waals surface area (Å²) in [5.41, 5.74) is 3.06. The molecule has 0 bridgehead atoms. The molecule has 146 valence electrons. The van der Waals surface area contributed by atoms with Crippen molar-refractivity contribution in [1.82, 2.24) is 0 Å². The summed E-state index contributed by atoms with van der Waals surface area (Å²) < 4.78 is 5.99. The Kier molecular flexibility index (Phi) is 6.15. The highest BCUT2D eigenvalue weighted by Crippen LogP contribution is 2.29. The number of nitrogens with one attached hydrogen (secondary N) is 1. The van der Waals surface area contributed by atoms with Gasteiger partial charge in [-0.05, 0) is 52.2 Å². The van der Waals surface area contributed by atoms with Gasteiger partial charge >= 0.3 is 0 Å². The van der Waals surface area contributed by atoms with E-state index in [0.29, 0.717) is 34.0 Å². The second-order valence-electron chi connectivity index (χ2n) is 6.67. The van der Waals surface area contributed by atoms with E-state index in [1.54, 1.807) is 12.1 Å². The maximum Gasteiger partial charge on any atom is 0.138 e. The number of benzene rings is 4. The zero-order valence-electron chi connectivity index (χ0n) is 15.5. The first-order valence-corrected chi connectivity index (χ1v) is 10.3. The van der Waals surface area contributed by atoms with Crippen molar-refractivity contribution >= 4 is 51.3 Å². The fourth-order valence-electron chi connectivity index (χ4n) is 3.16. The highest BCUT2D eigenvalue weighted by atomic mass is 35.5. The molecule has 0 unspecified atom stereocenters. The van der Waals surface area contributed by atoms with Crippen LogP contribution in [-0.2, 0) is 13.2 Å². The average Bonchev–Trinajstić information content (AvgIpc) is 2.74. The Morgan fingerprint density at radius 3 is 2.38 bits per heavy atom. The molecule has 0 aliphatic carbocycles. The molecule has 0 heterocycles. The number of halogens is 3. The van der Waals surface area contributed by atoms with Crippen LogP contribution in [0.4, 0.5) is 5.69 Å². The molecule has 0 aliphatic heterocycles. The zero-order chi connectivity index (χ0) is 20.2. The predicted octanol–water partition coefficient (Wildman–Crippen LogP) is 7.99. The van der Waals surface area contributed by atoms with E-state index in [1.807, 2.05) is 42.5 Å². The van der Waals surface area contributed by atoms with Crippen molar-refractivity contribution in [3.63, 3.8) is 0 Å². The molecule has 5 heteroatoms. The predicted molar refractivity (Wildman–Crippen MR) is 124 cm³/mol. The van der Waals surface area contributed by atoms with Crippen LogP contribution in [0.5, 0.6) is 5.75 Å². The Balaban J connectivity index is 1.42. The van der Waals surface area contributed by atoms with Crippen molar-refractivity contribution in [2.75, 3.05) is 5.32 Å². The number of anilines is 1. The van der Waals surface area contributed by atoms with Gasteiger partial charge in [0.15, 0.2) is 0 Å². The lowest BCUT2D eigenvalue weighted by Gasteiger charge is -2.12. The van der Waals surface area contributed by atoms with Crippen LogP contribution in [-0.4, -0.2) is 0 Å². The Morgan fingerprint density at radius 1 is 0.724 bits per heavy atom. The van der Waals surface area contributed by atoms with Crippen LogP contribution < -0.4 is 10.1 Å². The second-order valence-corrected chi connectivity index (χ2v) is 7.90. The molecule has 0 saturated carbocycles. The molecule has 0 amide bonds. The summed E-state index contributed by atoms with van der Waals surface area (Å²) in [7, 11) is 0. The van der Waals surface area contributed by atoms with E-state index in [4.69, 9.17) is 39.5 Å². The normalized spacial score (nSPS) is 10.9. The first-order chi connectivity index (χ1) is 14.1. The minimum atomic E-state index is 0.460. The number of rotatable bonds is 6. The molecule has 2 nitrogen and oxygen atoms in total. The third-order valence-electron chi connectivity index (χ3n) is 4.68. The van der Waals surface area contributed by atoms with E-state index in [1.165, 1.54) is 10.8 Å². The van der Waals surface area contributed by atoms with E-state index in [-0.39, 0.29) is 0 Å². The molecule has 29 heavy (non-hydrogen) atoms. The van der Waals surface area contributed by atoms with Gasteiger partial charge in [0, 0.05) is 12.2 Å². The lowest BCUT2D eigenvalue weighted by atomic mass is 10.1. The SMILES string of the molecule is Clc1ccc(NCc2ccc(OCc3cccc4ccccc34)c(Cl)c2)cc1Cl. The van der Waals surface area contributed by atoms with Crippen LogP contribution in [0.15, 0.2) is 78.9 Å². The van der Waals surface area contributed by atoms with Gasteiger partial charge in [0.25, 0.3) is 0 Å². The molecule has 4 aromatic carbocycles. The van der Waals surface area contributed by atoms with Gasteiger partial charge < -0.3 is 10.1 Å². The second kappa shape index (κ2) is 8.96. The summed E-state index contributed by atoms with van der Waals surface area (Å²) in [5, 5.41) is 7.33. The molecule has 0 atom stereocenters. The first-order valence-electron chi connectivity index (χ1n) is 9.17. The Labute approximate surface area is 185 Å². The third kappa shape index (κ3) is 4.79. The van der Waals surface area contributed by atoms with Gasteiger partial charge in [-0.1, -0.05) is 83.3 Å². The minimum absolute atomic E-state index is 0.460. The molecule has 4 aromatic rings. The van der Waals surface area contributed by atoms with Crippen LogP contribution >= 0.6 is 34.8 Å². The molecule has 0 aliphatic rings. The van der Waals surface area contributed by atoms with Gasteiger partial charge in [-0.3, -0.25) is 0 Å². The van der Waals surface area contributed by atoms with E-state index >= 15 is 0 Å². The van der Waals surface area contributed by atoms with Gasteiger partial charge in [-0.2, -0.15) is 0 Å². The monoisotopic (exact) mass is 441 g/mol. The van der Waals surface area contributed by atoms with Gasteiger partial charge in [-0.25, -0.2) is 0 Å². The summed E-state index contributed by atoms with van der Waals surface area (Å²) in [6.45, 7) is 1.07. The molecule has 0 radical (unpaired) electrons. The third-order valence-corrected chi connectivity index (χ3v) is 5.71. The van der Waals surface area contributed by atoms with E-state index in [2.05, 4.69) is 29.6 Å². The van der Waals surface area contributed by atoms with Gasteiger partial charge in [0.2, 0.25) is 0 Å². The standard InChI is InChI=1S/C24H18Cl3NO/c25-21-10-9-19(13-22(21)26)28-14-16-8-11-24(23(27)12-16)29-15-18-6-3-5-17-4-1-2-7-20(17)18/h1-13,28H,14-15H2. The summed E-state index contributed by atoms with van der Waals surface area (Å²) in [6, 6.07) is 25.7. The fraction of sp³-hybridized carbons (Fsp3) is 0.0833. The van der Waals surface area contributed by atoms with Crippen molar-refractivity contribution in [2.24, 2.45) is 0 Å². The molecular formula is C24H18Cl3NO. The van der Waals surface area contributed by atoms with E-state index < -0.39 is 0 Å². The number of hydrogen-bond acceptors (Lipinski definition) is 2. The molecule has 4 rings (SSSR count). The number of ether oxygens (including phenoxy) is 1. The smallest absolute Gasteiger partial charge is 0.138 e. The van der Waals surface area contributed by atoms with Gasteiger partial charge in [0.1, 0.15) is 12.4 Å². The minimum Gasteiger partial charge on any atom is -0.487 e. The topological polar surface area (TPSA) is 21.3 Å². The van der Waals surface area contributed by atoms with Gasteiger partial charge in [0.05, 0.1) is 15.1 Å². The van der Waals surface area contributed by atoms with Crippen molar-refractivity contribution in [3.05, 3.63) is 105 Å². The lowest BCUT2D eigenvalue weighted by molar-refractivity contribution is 0.308. The Morgan fingerprint density at radius 2 is 1.55 bits per heavy atom. The maximum atomic E-state index is 6.45.